The predicted molar refractivity (Wildman–Crippen MR) is 97.0 cm³/mol. The standard InChI is InChI=1S/C22H18O/c1-16-8-2-3-11-19(16)15-23-22-20-12-6-4-9-17(20)14-18-10-5-7-13-21(18)22/h2-14H,15H2,1H3. The minimum atomic E-state index is 0.588. The van der Waals surface area contributed by atoms with Crippen LogP contribution in [-0.2, 0) is 6.61 Å². The lowest BCUT2D eigenvalue weighted by atomic mass is 10.0. The summed E-state index contributed by atoms with van der Waals surface area (Å²) in [6, 6.07) is 27.4. The van der Waals surface area contributed by atoms with Crippen molar-refractivity contribution in [1.29, 1.82) is 0 Å². The summed E-state index contributed by atoms with van der Waals surface area (Å²) in [4.78, 5) is 0. The van der Waals surface area contributed by atoms with Gasteiger partial charge in [-0.2, -0.15) is 0 Å². The van der Waals surface area contributed by atoms with Crippen LogP contribution in [0.25, 0.3) is 21.5 Å². The largest absolute Gasteiger partial charge is 0.488 e. The van der Waals surface area contributed by atoms with Gasteiger partial charge in [0, 0.05) is 10.8 Å². The second-order valence-electron chi connectivity index (χ2n) is 5.86. The first-order valence-corrected chi connectivity index (χ1v) is 7.91. The summed E-state index contributed by atoms with van der Waals surface area (Å²) < 4.78 is 6.30. The Morgan fingerprint density at radius 2 is 1.26 bits per heavy atom. The van der Waals surface area contributed by atoms with Gasteiger partial charge in [0.25, 0.3) is 0 Å². The van der Waals surface area contributed by atoms with Crippen molar-refractivity contribution in [2.45, 2.75) is 13.5 Å². The summed E-state index contributed by atoms with van der Waals surface area (Å²) in [6.45, 7) is 2.71. The van der Waals surface area contributed by atoms with Crippen LogP contribution in [-0.4, -0.2) is 0 Å². The summed E-state index contributed by atoms with van der Waals surface area (Å²) in [6.07, 6.45) is 0. The Morgan fingerprint density at radius 1 is 0.696 bits per heavy atom. The van der Waals surface area contributed by atoms with Gasteiger partial charge in [-0.15, -0.1) is 0 Å². The van der Waals surface area contributed by atoms with Crippen LogP contribution in [0.1, 0.15) is 11.1 Å². The van der Waals surface area contributed by atoms with Gasteiger partial charge in [0.15, 0.2) is 0 Å². The van der Waals surface area contributed by atoms with Crippen molar-refractivity contribution in [1.82, 2.24) is 0 Å². The molecule has 4 aromatic carbocycles. The number of benzene rings is 4. The summed E-state index contributed by atoms with van der Waals surface area (Å²) >= 11 is 0. The second-order valence-corrected chi connectivity index (χ2v) is 5.86. The number of hydrogen-bond donors (Lipinski definition) is 0. The van der Waals surface area contributed by atoms with E-state index in [-0.39, 0.29) is 0 Å². The molecule has 4 aromatic rings. The topological polar surface area (TPSA) is 9.23 Å². The van der Waals surface area contributed by atoms with E-state index in [0.717, 1.165) is 5.75 Å². The Bertz CT molecular complexity index is 931. The molecule has 1 nitrogen and oxygen atoms in total. The van der Waals surface area contributed by atoms with Gasteiger partial charge in [0.2, 0.25) is 0 Å². The van der Waals surface area contributed by atoms with E-state index in [2.05, 4.69) is 85.8 Å². The number of ether oxygens (including phenoxy) is 1. The van der Waals surface area contributed by atoms with Crippen LogP contribution in [0.4, 0.5) is 0 Å². The van der Waals surface area contributed by atoms with Gasteiger partial charge in [-0.3, -0.25) is 0 Å². The minimum absolute atomic E-state index is 0.588. The summed E-state index contributed by atoms with van der Waals surface area (Å²) in [5.41, 5.74) is 2.49. The van der Waals surface area contributed by atoms with Crippen LogP contribution in [0.3, 0.4) is 0 Å². The van der Waals surface area contributed by atoms with Gasteiger partial charge in [-0.25, -0.2) is 0 Å². The van der Waals surface area contributed by atoms with E-state index in [4.69, 9.17) is 4.74 Å². The van der Waals surface area contributed by atoms with E-state index in [1.54, 1.807) is 0 Å². The molecule has 0 saturated carbocycles. The number of hydrogen-bond acceptors (Lipinski definition) is 1. The highest BCUT2D eigenvalue weighted by atomic mass is 16.5. The molecule has 1 heteroatoms. The molecule has 0 amide bonds. The number of aryl methyl sites for hydroxylation is 1. The molecule has 0 radical (unpaired) electrons. The highest BCUT2D eigenvalue weighted by Gasteiger charge is 2.09. The zero-order chi connectivity index (χ0) is 15.6. The Balaban J connectivity index is 1.84. The lowest BCUT2D eigenvalue weighted by Gasteiger charge is -2.14. The highest BCUT2D eigenvalue weighted by molar-refractivity contribution is 6.05. The monoisotopic (exact) mass is 298 g/mol. The Hall–Kier alpha value is -2.80. The summed E-state index contributed by atoms with van der Waals surface area (Å²) in [7, 11) is 0. The second kappa shape index (κ2) is 5.77. The molecule has 4 rings (SSSR count). The molecule has 0 unspecified atom stereocenters. The van der Waals surface area contributed by atoms with Crippen molar-refractivity contribution >= 4 is 21.5 Å². The lowest BCUT2D eigenvalue weighted by molar-refractivity contribution is 0.313. The molecule has 0 aromatic heterocycles. The quantitative estimate of drug-likeness (QED) is 0.429. The van der Waals surface area contributed by atoms with E-state index >= 15 is 0 Å². The van der Waals surface area contributed by atoms with Gasteiger partial charge in [0.05, 0.1) is 0 Å². The van der Waals surface area contributed by atoms with Crippen LogP contribution in [0.15, 0.2) is 78.9 Å². The van der Waals surface area contributed by atoms with Gasteiger partial charge in [-0.05, 0) is 34.9 Å². The van der Waals surface area contributed by atoms with E-state index in [1.165, 1.54) is 32.7 Å². The molecule has 0 aliphatic rings. The average molecular weight is 298 g/mol. The zero-order valence-corrected chi connectivity index (χ0v) is 13.1. The zero-order valence-electron chi connectivity index (χ0n) is 13.1. The first-order chi connectivity index (χ1) is 11.3. The van der Waals surface area contributed by atoms with Crippen LogP contribution in [0.2, 0.25) is 0 Å². The molecule has 0 bridgehead atoms. The Kier molecular flexibility index (Phi) is 3.47. The van der Waals surface area contributed by atoms with Crippen molar-refractivity contribution in [3.05, 3.63) is 90.0 Å². The first kappa shape index (κ1) is 13.8. The molecular weight excluding hydrogens is 280 g/mol. The van der Waals surface area contributed by atoms with Crippen molar-refractivity contribution in [3.8, 4) is 5.75 Å². The molecule has 0 N–H and O–H groups in total. The molecule has 0 atom stereocenters. The van der Waals surface area contributed by atoms with Crippen molar-refractivity contribution in [3.63, 3.8) is 0 Å². The fraction of sp³-hybridized carbons (Fsp3) is 0.0909. The molecular formula is C22H18O. The molecule has 0 saturated heterocycles. The van der Waals surface area contributed by atoms with Gasteiger partial charge in [-0.1, -0.05) is 72.8 Å². The maximum absolute atomic E-state index is 6.30. The fourth-order valence-electron chi connectivity index (χ4n) is 3.05. The third-order valence-corrected chi connectivity index (χ3v) is 4.36. The molecule has 23 heavy (non-hydrogen) atoms. The minimum Gasteiger partial charge on any atom is -0.488 e. The molecule has 112 valence electrons. The smallest absolute Gasteiger partial charge is 0.135 e. The fourth-order valence-corrected chi connectivity index (χ4v) is 3.05. The molecule has 0 spiro atoms. The highest BCUT2D eigenvalue weighted by Crippen LogP contribution is 2.35. The van der Waals surface area contributed by atoms with Crippen LogP contribution >= 0.6 is 0 Å². The van der Waals surface area contributed by atoms with Crippen LogP contribution in [0, 0.1) is 6.92 Å². The normalized spacial score (nSPS) is 11.0. The van der Waals surface area contributed by atoms with E-state index in [9.17, 15) is 0 Å². The molecule has 0 aliphatic carbocycles. The van der Waals surface area contributed by atoms with E-state index in [1.807, 2.05) is 0 Å². The van der Waals surface area contributed by atoms with Crippen molar-refractivity contribution in [2.75, 3.05) is 0 Å². The molecule has 0 fully saturated rings. The van der Waals surface area contributed by atoms with Crippen molar-refractivity contribution in [2.24, 2.45) is 0 Å². The van der Waals surface area contributed by atoms with Gasteiger partial charge < -0.3 is 4.74 Å². The predicted octanol–water partition coefficient (Wildman–Crippen LogP) is 5.88. The van der Waals surface area contributed by atoms with Crippen LogP contribution < -0.4 is 4.74 Å². The Labute approximate surface area is 136 Å². The van der Waals surface area contributed by atoms with E-state index < -0.39 is 0 Å². The van der Waals surface area contributed by atoms with Gasteiger partial charge in [0.1, 0.15) is 12.4 Å². The maximum Gasteiger partial charge on any atom is 0.135 e. The third-order valence-electron chi connectivity index (χ3n) is 4.36. The summed E-state index contributed by atoms with van der Waals surface area (Å²) in [5, 5.41) is 4.76. The molecule has 0 aliphatic heterocycles. The SMILES string of the molecule is Cc1ccccc1COc1c2ccccc2cc2ccccc12. The Morgan fingerprint density at radius 3 is 1.91 bits per heavy atom. The van der Waals surface area contributed by atoms with Gasteiger partial charge >= 0.3 is 0 Å². The van der Waals surface area contributed by atoms with Crippen molar-refractivity contribution < 1.29 is 4.74 Å². The summed E-state index contributed by atoms with van der Waals surface area (Å²) in [5.74, 6) is 0.974. The lowest BCUT2D eigenvalue weighted by Crippen LogP contribution is -1.99. The van der Waals surface area contributed by atoms with E-state index in [0.29, 0.717) is 6.61 Å². The number of rotatable bonds is 3. The molecule has 0 heterocycles. The maximum atomic E-state index is 6.30. The first-order valence-electron chi connectivity index (χ1n) is 7.91. The van der Waals surface area contributed by atoms with Crippen LogP contribution in [0.5, 0.6) is 5.75 Å². The third kappa shape index (κ3) is 2.55. The average Bonchev–Trinajstić information content (AvgIpc) is 2.60. The number of fused-ring (bicyclic) bond motifs is 2.